The topological polar surface area (TPSA) is 0 Å². The predicted octanol–water partition coefficient (Wildman–Crippen LogP) is 8.48. The van der Waals surface area contributed by atoms with Crippen LogP contribution in [-0.2, 0) is 5.41 Å². The largest absolute Gasteiger partial charge is 0.0616 e. The number of rotatable bonds is 1. The second-order valence-corrected chi connectivity index (χ2v) is 9.18. The minimum atomic E-state index is -0.206. The van der Waals surface area contributed by atoms with Gasteiger partial charge in [0.1, 0.15) is 0 Å². The van der Waals surface area contributed by atoms with Gasteiger partial charge in [-0.3, -0.25) is 0 Å². The highest BCUT2D eigenvalue weighted by Gasteiger charge is 2.41. The highest BCUT2D eigenvalue weighted by Crippen LogP contribution is 2.54. The third-order valence-corrected chi connectivity index (χ3v) is 7.47. The Bertz CT molecular complexity index is 1600. The van der Waals surface area contributed by atoms with E-state index >= 15 is 0 Å². The molecule has 0 saturated carbocycles. The summed E-state index contributed by atoms with van der Waals surface area (Å²) in [7, 11) is 0. The maximum Gasteiger partial charge on any atom is 0.0436 e. The van der Waals surface area contributed by atoms with Gasteiger partial charge >= 0.3 is 0 Å². The summed E-state index contributed by atoms with van der Waals surface area (Å²) in [6.45, 7) is 2.41. The van der Waals surface area contributed by atoms with Gasteiger partial charge in [-0.15, -0.1) is 0 Å². The minimum Gasteiger partial charge on any atom is -0.0616 e. The molecule has 0 heteroatoms. The van der Waals surface area contributed by atoms with E-state index in [0.29, 0.717) is 0 Å². The van der Waals surface area contributed by atoms with Crippen LogP contribution in [0.4, 0.5) is 0 Å². The maximum absolute atomic E-state index is 2.42. The highest BCUT2D eigenvalue weighted by atomic mass is 14.4. The maximum atomic E-state index is 2.42. The molecule has 0 fully saturated rings. The van der Waals surface area contributed by atoms with Crippen LogP contribution in [0, 0.1) is 0 Å². The molecule has 0 aromatic heterocycles. The quantitative estimate of drug-likeness (QED) is 0.257. The zero-order valence-electron chi connectivity index (χ0n) is 18.0. The summed E-state index contributed by atoms with van der Waals surface area (Å²) < 4.78 is 0. The Hall–Kier alpha value is -3.90. The zero-order valence-corrected chi connectivity index (χ0v) is 18.0. The zero-order chi connectivity index (χ0) is 21.3. The third kappa shape index (κ3) is 2.32. The molecule has 0 nitrogen and oxygen atoms in total. The van der Waals surface area contributed by atoms with E-state index in [1.165, 1.54) is 60.1 Å². The van der Waals surface area contributed by atoms with E-state index in [4.69, 9.17) is 0 Å². The van der Waals surface area contributed by atoms with Gasteiger partial charge in [-0.05, 0) is 97.4 Å². The van der Waals surface area contributed by atoms with Gasteiger partial charge in [0.25, 0.3) is 0 Å². The first-order chi connectivity index (χ1) is 15.7. The van der Waals surface area contributed by atoms with Crippen molar-refractivity contribution in [3.63, 3.8) is 0 Å². The predicted molar refractivity (Wildman–Crippen MR) is 136 cm³/mol. The molecule has 0 N–H and O–H groups in total. The summed E-state index contributed by atoms with van der Waals surface area (Å²) in [5.74, 6) is 0. The molecule has 0 atom stereocenters. The molecule has 6 aromatic rings. The Labute approximate surface area is 187 Å². The second kappa shape index (κ2) is 6.31. The summed E-state index contributed by atoms with van der Waals surface area (Å²) in [4.78, 5) is 0. The van der Waals surface area contributed by atoms with Crippen LogP contribution in [0.1, 0.15) is 23.6 Å². The van der Waals surface area contributed by atoms with Gasteiger partial charge < -0.3 is 0 Å². The van der Waals surface area contributed by atoms with Gasteiger partial charge in [0, 0.05) is 5.41 Å². The first-order valence-electron chi connectivity index (χ1n) is 11.3. The molecule has 32 heavy (non-hydrogen) atoms. The van der Waals surface area contributed by atoms with Crippen molar-refractivity contribution in [1.82, 2.24) is 0 Å². The Balaban J connectivity index is 1.61. The minimum absolute atomic E-state index is 0.206. The van der Waals surface area contributed by atoms with Gasteiger partial charge in [-0.2, -0.15) is 0 Å². The van der Waals surface area contributed by atoms with Crippen LogP contribution in [0.2, 0.25) is 0 Å². The van der Waals surface area contributed by atoms with Crippen molar-refractivity contribution < 1.29 is 0 Å². The Kier molecular flexibility index (Phi) is 3.50. The van der Waals surface area contributed by atoms with Crippen molar-refractivity contribution in [1.29, 1.82) is 0 Å². The fraction of sp³-hybridized carbons (Fsp3) is 0.0625. The standard InChI is InChI=1S/C32H22/c1-32(27-15-14-21-8-2-3-9-22(21)16-27)30-19-25-12-6-4-10-23(25)17-28(30)29-18-24-11-5-7-13-26(24)20-31(29)32/h2-20H,1H3. The van der Waals surface area contributed by atoms with Crippen LogP contribution in [0.5, 0.6) is 0 Å². The van der Waals surface area contributed by atoms with E-state index in [1.54, 1.807) is 0 Å². The lowest BCUT2D eigenvalue weighted by atomic mass is 9.73. The van der Waals surface area contributed by atoms with Crippen LogP contribution in [0.25, 0.3) is 43.4 Å². The lowest BCUT2D eigenvalue weighted by Gasteiger charge is -2.29. The van der Waals surface area contributed by atoms with Crippen molar-refractivity contribution in [2.45, 2.75) is 12.3 Å². The molecule has 1 aliphatic carbocycles. The van der Waals surface area contributed by atoms with E-state index in [0.717, 1.165) is 0 Å². The van der Waals surface area contributed by atoms with Crippen LogP contribution in [0.15, 0.2) is 115 Å². The van der Waals surface area contributed by atoms with E-state index in [9.17, 15) is 0 Å². The Morgan fingerprint density at radius 1 is 0.406 bits per heavy atom. The van der Waals surface area contributed by atoms with Crippen LogP contribution in [-0.4, -0.2) is 0 Å². The molecular formula is C32H22. The van der Waals surface area contributed by atoms with E-state index in [1.807, 2.05) is 0 Å². The van der Waals surface area contributed by atoms with Crippen molar-refractivity contribution in [2.75, 3.05) is 0 Å². The van der Waals surface area contributed by atoms with E-state index < -0.39 is 0 Å². The monoisotopic (exact) mass is 406 g/mol. The number of fused-ring (bicyclic) bond motifs is 6. The molecule has 7 rings (SSSR count). The van der Waals surface area contributed by atoms with E-state index in [-0.39, 0.29) is 5.41 Å². The Morgan fingerprint density at radius 2 is 0.812 bits per heavy atom. The van der Waals surface area contributed by atoms with Gasteiger partial charge in [-0.25, -0.2) is 0 Å². The molecule has 0 aliphatic heterocycles. The molecule has 1 aliphatic rings. The van der Waals surface area contributed by atoms with Crippen LogP contribution < -0.4 is 0 Å². The lowest BCUT2D eigenvalue weighted by molar-refractivity contribution is 0.717. The third-order valence-electron chi connectivity index (χ3n) is 7.47. The molecule has 6 aromatic carbocycles. The molecule has 150 valence electrons. The summed E-state index contributed by atoms with van der Waals surface area (Å²) in [6.07, 6.45) is 0. The van der Waals surface area contributed by atoms with Crippen LogP contribution in [0.3, 0.4) is 0 Å². The van der Waals surface area contributed by atoms with Gasteiger partial charge in [0.05, 0.1) is 0 Å². The normalized spacial score (nSPS) is 14.0. The second-order valence-electron chi connectivity index (χ2n) is 9.18. The summed E-state index contributed by atoms with van der Waals surface area (Å²) >= 11 is 0. The average molecular weight is 407 g/mol. The molecule has 0 unspecified atom stereocenters. The number of hydrogen-bond donors (Lipinski definition) is 0. The van der Waals surface area contributed by atoms with Gasteiger partial charge in [0.15, 0.2) is 0 Å². The molecule has 0 radical (unpaired) electrons. The van der Waals surface area contributed by atoms with Crippen LogP contribution >= 0.6 is 0 Å². The molecule has 0 bridgehead atoms. The summed E-state index contributed by atoms with van der Waals surface area (Å²) in [5, 5.41) is 7.78. The SMILES string of the molecule is CC1(c2ccc3ccccc3c2)c2cc3ccccc3cc2-c2cc3ccccc3cc21. The van der Waals surface area contributed by atoms with Crippen molar-refractivity contribution in [3.8, 4) is 11.1 Å². The Morgan fingerprint density at radius 3 is 1.31 bits per heavy atom. The van der Waals surface area contributed by atoms with Crippen molar-refractivity contribution in [3.05, 3.63) is 132 Å². The molecule has 0 spiro atoms. The molecule has 0 heterocycles. The van der Waals surface area contributed by atoms with Crippen molar-refractivity contribution in [2.24, 2.45) is 0 Å². The summed E-state index contributed by atoms with van der Waals surface area (Å²) in [6, 6.07) is 42.7. The van der Waals surface area contributed by atoms with E-state index in [2.05, 4.69) is 122 Å². The highest BCUT2D eigenvalue weighted by molar-refractivity contribution is 5.99. The molecule has 0 amide bonds. The first-order valence-corrected chi connectivity index (χ1v) is 11.3. The molecular weight excluding hydrogens is 384 g/mol. The number of hydrogen-bond acceptors (Lipinski definition) is 0. The smallest absolute Gasteiger partial charge is 0.0436 e. The fourth-order valence-electron chi connectivity index (χ4n) is 5.71. The number of benzene rings is 6. The first kappa shape index (κ1) is 17.7. The summed E-state index contributed by atoms with van der Waals surface area (Å²) in [5.41, 5.74) is 6.67. The molecule has 0 saturated heterocycles. The fourth-order valence-corrected chi connectivity index (χ4v) is 5.71. The van der Waals surface area contributed by atoms with Gasteiger partial charge in [0.2, 0.25) is 0 Å². The van der Waals surface area contributed by atoms with Gasteiger partial charge in [-0.1, -0.05) is 84.9 Å². The van der Waals surface area contributed by atoms with Crippen molar-refractivity contribution >= 4 is 32.3 Å². The average Bonchev–Trinajstić information content (AvgIpc) is 3.09. The lowest BCUT2D eigenvalue weighted by Crippen LogP contribution is -2.22.